The average molecular weight is 281 g/mol. The minimum atomic E-state index is -0.272. The zero-order valence-electron chi connectivity index (χ0n) is 9.84. The van der Waals surface area contributed by atoms with Crippen molar-refractivity contribution in [2.24, 2.45) is 4.99 Å². The Labute approximate surface area is 113 Å². The number of para-hydroxylation sites is 1. The highest BCUT2D eigenvalue weighted by molar-refractivity contribution is 8.40. The molecule has 18 heavy (non-hydrogen) atoms. The number of aromatic hydroxyl groups is 1. The Morgan fingerprint density at radius 2 is 2.28 bits per heavy atom. The van der Waals surface area contributed by atoms with Crippen LogP contribution < -0.4 is 4.74 Å². The molecule has 0 fully saturated rings. The van der Waals surface area contributed by atoms with Crippen LogP contribution in [0.4, 0.5) is 0 Å². The van der Waals surface area contributed by atoms with Crippen molar-refractivity contribution in [2.45, 2.75) is 0 Å². The first-order valence-corrected chi connectivity index (χ1v) is 7.12. The van der Waals surface area contributed by atoms with Gasteiger partial charge in [0.15, 0.2) is 11.5 Å². The predicted molar refractivity (Wildman–Crippen MR) is 76.2 cm³/mol. The van der Waals surface area contributed by atoms with Gasteiger partial charge in [0.1, 0.15) is 4.38 Å². The SMILES string of the molecule is COc1cccc(/C=C2\SC(SC)=NC2=O)c1O. The summed E-state index contributed by atoms with van der Waals surface area (Å²) in [6, 6.07) is 5.13. The monoisotopic (exact) mass is 281 g/mol. The van der Waals surface area contributed by atoms with Gasteiger partial charge in [0.25, 0.3) is 5.91 Å². The third kappa shape index (κ3) is 2.54. The normalized spacial score (nSPS) is 17.1. The van der Waals surface area contributed by atoms with Crippen LogP contribution in [0.5, 0.6) is 11.5 Å². The fraction of sp³-hybridized carbons (Fsp3) is 0.167. The fourth-order valence-corrected chi connectivity index (χ4v) is 2.85. The van der Waals surface area contributed by atoms with Crippen molar-refractivity contribution in [3.05, 3.63) is 28.7 Å². The second-order valence-corrected chi connectivity index (χ2v) is 5.48. The first kappa shape index (κ1) is 13.0. The smallest absolute Gasteiger partial charge is 0.285 e. The van der Waals surface area contributed by atoms with Crippen molar-refractivity contribution in [3.63, 3.8) is 0 Å². The molecule has 1 heterocycles. The lowest BCUT2D eigenvalue weighted by atomic mass is 10.1. The molecule has 0 saturated heterocycles. The zero-order chi connectivity index (χ0) is 13.1. The molecule has 1 aromatic rings. The van der Waals surface area contributed by atoms with E-state index in [1.807, 2.05) is 6.26 Å². The van der Waals surface area contributed by atoms with E-state index in [9.17, 15) is 9.90 Å². The van der Waals surface area contributed by atoms with Gasteiger partial charge in [-0.15, -0.1) is 11.8 Å². The molecule has 0 aliphatic carbocycles. The summed E-state index contributed by atoms with van der Waals surface area (Å²) in [6.45, 7) is 0. The van der Waals surface area contributed by atoms with Crippen LogP contribution in [0.25, 0.3) is 6.08 Å². The number of hydrogen-bond donors (Lipinski definition) is 1. The van der Waals surface area contributed by atoms with Crippen molar-refractivity contribution in [2.75, 3.05) is 13.4 Å². The zero-order valence-corrected chi connectivity index (χ0v) is 11.5. The van der Waals surface area contributed by atoms with Gasteiger partial charge < -0.3 is 9.84 Å². The Bertz CT molecular complexity index is 552. The number of rotatable bonds is 2. The van der Waals surface area contributed by atoms with Crippen LogP contribution in [0.1, 0.15) is 5.56 Å². The maximum absolute atomic E-state index is 11.6. The topological polar surface area (TPSA) is 58.9 Å². The number of hydrogen-bond acceptors (Lipinski definition) is 5. The molecule has 1 aliphatic rings. The summed E-state index contributed by atoms with van der Waals surface area (Å²) in [7, 11) is 1.48. The lowest BCUT2D eigenvalue weighted by molar-refractivity contribution is -0.113. The summed E-state index contributed by atoms with van der Waals surface area (Å²) in [4.78, 5) is 16.0. The second-order valence-electron chi connectivity index (χ2n) is 3.40. The largest absolute Gasteiger partial charge is 0.504 e. The standard InChI is InChI=1S/C12H11NO3S2/c1-16-8-5-3-4-7(10(8)14)6-9-11(15)13-12(17-2)18-9/h3-6,14H,1-2H3/b9-6-. The molecular weight excluding hydrogens is 270 g/mol. The Hall–Kier alpha value is -1.40. The predicted octanol–water partition coefficient (Wildman–Crippen LogP) is 2.73. The molecule has 0 atom stereocenters. The number of benzene rings is 1. The number of thioether (sulfide) groups is 2. The molecule has 1 aromatic carbocycles. The highest BCUT2D eigenvalue weighted by atomic mass is 32.2. The number of phenolic OH excluding ortho intramolecular Hbond substituents is 1. The molecule has 0 aromatic heterocycles. The molecule has 6 heteroatoms. The molecule has 1 N–H and O–H groups in total. The van der Waals surface area contributed by atoms with E-state index in [-0.39, 0.29) is 11.7 Å². The van der Waals surface area contributed by atoms with Gasteiger partial charge in [-0.1, -0.05) is 23.9 Å². The van der Waals surface area contributed by atoms with Gasteiger partial charge in [-0.05, 0) is 18.4 Å². The van der Waals surface area contributed by atoms with E-state index < -0.39 is 0 Å². The van der Waals surface area contributed by atoms with Crippen LogP contribution in [-0.2, 0) is 4.79 Å². The van der Waals surface area contributed by atoms with Crippen molar-refractivity contribution < 1.29 is 14.6 Å². The van der Waals surface area contributed by atoms with Crippen LogP contribution in [0, 0.1) is 0 Å². The van der Waals surface area contributed by atoms with Gasteiger partial charge in [0, 0.05) is 5.56 Å². The van der Waals surface area contributed by atoms with Crippen LogP contribution in [-0.4, -0.2) is 28.8 Å². The van der Waals surface area contributed by atoms with Gasteiger partial charge in [-0.2, -0.15) is 4.99 Å². The molecule has 0 saturated carbocycles. The summed E-state index contributed by atoms with van der Waals surface area (Å²) in [5, 5.41) is 9.93. The molecule has 0 spiro atoms. The molecule has 1 aliphatic heterocycles. The number of aliphatic imine (C=N–C) groups is 1. The van der Waals surface area contributed by atoms with Crippen molar-refractivity contribution in [1.82, 2.24) is 0 Å². The van der Waals surface area contributed by atoms with Gasteiger partial charge in [-0.3, -0.25) is 4.79 Å². The van der Waals surface area contributed by atoms with Crippen LogP contribution in [0.2, 0.25) is 0 Å². The number of nitrogens with zero attached hydrogens (tertiary/aromatic N) is 1. The van der Waals surface area contributed by atoms with E-state index in [1.165, 1.54) is 30.6 Å². The number of carbonyl (C=O) groups excluding carboxylic acids is 1. The molecule has 0 bridgehead atoms. The number of amides is 1. The summed E-state index contributed by atoms with van der Waals surface area (Å²) < 4.78 is 5.73. The van der Waals surface area contributed by atoms with Crippen LogP contribution in [0.15, 0.2) is 28.1 Å². The third-order valence-corrected chi connectivity index (χ3v) is 4.28. The molecule has 0 unspecified atom stereocenters. The first-order chi connectivity index (χ1) is 8.65. The van der Waals surface area contributed by atoms with E-state index in [0.29, 0.717) is 20.6 Å². The Morgan fingerprint density at radius 1 is 1.50 bits per heavy atom. The first-order valence-electron chi connectivity index (χ1n) is 5.08. The van der Waals surface area contributed by atoms with E-state index in [0.717, 1.165) is 0 Å². The van der Waals surface area contributed by atoms with Gasteiger partial charge in [0.2, 0.25) is 0 Å². The van der Waals surface area contributed by atoms with Crippen molar-refractivity contribution in [3.8, 4) is 11.5 Å². The number of phenols is 1. The highest BCUT2D eigenvalue weighted by Gasteiger charge is 2.21. The minimum Gasteiger partial charge on any atom is -0.504 e. The van der Waals surface area contributed by atoms with Crippen molar-refractivity contribution >= 4 is 39.9 Å². The third-order valence-electron chi connectivity index (χ3n) is 2.31. The lowest BCUT2D eigenvalue weighted by Gasteiger charge is -2.05. The molecule has 4 nitrogen and oxygen atoms in total. The highest BCUT2D eigenvalue weighted by Crippen LogP contribution is 2.36. The maximum atomic E-state index is 11.6. The average Bonchev–Trinajstić information content (AvgIpc) is 2.73. The van der Waals surface area contributed by atoms with Crippen molar-refractivity contribution in [1.29, 1.82) is 0 Å². The van der Waals surface area contributed by atoms with Gasteiger partial charge in [-0.25, -0.2) is 0 Å². The number of methoxy groups -OCH3 is 1. The summed E-state index contributed by atoms with van der Waals surface area (Å²) in [5.41, 5.74) is 0.544. The second kappa shape index (κ2) is 5.49. The minimum absolute atomic E-state index is 0.0264. The number of carbonyl (C=O) groups is 1. The molecule has 1 amide bonds. The van der Waals surface area contributed by atoms with Gasteiger partial charge >= 0.3 is 0 Å². The van der Waals surface area contributed by atoms with Crippen LogP contribution >= 0.6 is 23.5 Å². The summed E-state index contributed by atoms with van der Waals surface area (Å²) in [6.07, 6.45) is 3.49. The van der Waals surface area contributed by atoms with E-state index >= 15 is 0 Å². The Morgan fingerprint density at radius 3 is 2.89 bits per heavy atom. The number of ether oxygens (including phenoxy) is 1. The van der Waals surface area contributed by atoms with E-state index in [2.05, 4.69) is 4.99 Å². The molecule has 2 rings (SSSR count). The lowest BCUT2D eigenvalue weighted by Crippen LogP contribution is -1.89. The molecule has 94 valence electrons. The molecular formula is C12H11NO3S2. The maximum Gasteiger partial charge on any atom is 0.285 e. The summed E-state index contributed by atoms with van der Waals surface area (Å²) in [5.74, 6) is 0.135. The Balaban J connectivity index is 2.33. The fourth-order valence-electron chi connectivity index (χ4n) is 1.44. The van der Waals surface area contributed by atoms with Gasteiger partial charge in [0.05, 0.1) is 12.0 Å². The van der Waals surface area contributed by atoms with E-state index in [1.54, 1.807) is 24.3 Å². The Kier molecular flexibility index (Phi) is 3.98. The molecule has 0 radical (unpaired) electrons. The summed E-state index contributed by atoms with van der Waals surface area (Å²) >= 11 is 2.73. The quantitative estimate of drug-likeness (QED) is 0.845. The van der Waals surface area contributed by atoms with Crippen LogP contribution in [0.3, 0.4) is 0 Å². The van der Waals surface area contributed by atoms with E-state index in [4.69, 9.17) is 4.74 Å².